The number of carbonyl (C=O) groups excluding carboxylic acids is 1. The summed E-state index contributed by atoms with van der Waals surface area (Å²) >= 11 is 0. The Morgan fingerprint density at radius 2 is 1.95 bits per heavy atom. The largest absolute Gasteiger partial charge is 0.457 e. The second kappa shape index (κ2) is 9.18. The van der Waals surface area contributed by atoms with Gasteiger partial charge in [-0.1, -0.05) is 11.8 Å². The molecule has 1 amide bonds. The predicted molar refractivity (Wildman–Crippen MR) is 150 cm³/mol. The molecule has 1 spiro atoms. The van der Waals surface area contributed by atoms with E-state index in [2.05, 4.69) is 42.1 Å². The Labute approximate surface area is 233 Å². The molecule has 206 valence electrons. The molecule has 5 aromatic rings. The predicted octanol–water partition coefficient (Wildman–Crippen LogP) is 3.52. The number of benzene rings is 2. The SMILES string of the molecule is C=CC(=O)N1CC2(C1)CN(c1ncc3ncnc(Nc4ccc(Oc5ccc6c(c5)nnn6C)c(C)c4F)c3n1)C2. The zero-order chi connectivity index (χ0) is 28.3. The topological polar surface area (TPSA) is 127 Å². The molecule has 2 aromatic carbocycles. The second-order valence-electron chi connectivity index (χ2n) is 10.5. The summed E-state index contributed by atoms with van der Waals surface area (Å²) in [5, 5.41) is 11.2. The van der Waals surface area contributed by atoms with Gasteiger partial charge in [-0.05, 0) is 37.3 Å². The number of carbonyl (C=O) groups is 1. The van der Waals surface area contributed by atoms with Gasteiger partial charge in [0.25, 0.3) is 0 Å². The van der Waals surface area contributed by atoms with Crippen molar-refractivity contribution in [1.29, 1.82) is 0 Å². The molecule has 0 unspecified atom stereocenters. The number of halogens is 1. The molecule has 0 saturated carbocycles. The molecule has 0 aliphatic carbocycles. The molecule has 7 rings (SSSR count). The standard InChI is InChI=1S/C28H25FN10O2/c1-4-23(40)38-11-28(12-38)13-39(14-28)27-30-10-20-25(34-27)26(32-15-31-20)33-18-6-8-22(16(2)24(18)29)41-17-5-7-21-19(9-17)35-36-37(21)3/h4-10,15H,1,11-14H2,2-3H3,(H,31,32,33). The van der Waals surface area contributed by atoms with Crippen molar-refractivity contribution in [3.8, 4) is 11.5 Å². The van der Waals surface area contributed by atoms with E-state index < -0.39 is 5.82 Å². The minimum absolute atomic E-state index is 0.0468. The first-order valence-electron chi connectivity index (χ1n) is 13.0. The first kappa shape index (κ1) is 24.8. The smallest absolute Gasteiger partial charge is 0.245 e. The van der Waals surface area contributed by atoms with Gasteiger partial charge in [-0.25, -0.2) is 29.0 Å². The molecule has 2 aliphatic rings. The van der Waals surface area contributed by atoms with Crippen molar-refractivity contribution in [1.82, 2.24) is 39.8 Å². The molecule has 2 aliphatic heterocycles. The molecule has 0 radical (unpaired) electrons. The monoisotopic (exact) mass is 552 g/mol. The van der Waals surface area contributed by atoms with Crippen molar-refractivity contribution in [3.63, 3.8) is 0 Å². The molecule has 0 bridgehead atoms. The number of aromatic nitrogens is 7. The summed E-state index contributed by atoms with van der Waals surface area (Å²) in [5.41, 5.74) is 3.18. The van der Waals surface area contributed by atoms with Crippen molar-refractivity contribution in [2.24, 2.45) is 12.5 Å². The van der Waals surface area contributed by atoms with Crippen LogP contribution in [0.25, 0.3) is 22.1 Å². The summed E-state index contributed by atoms with van der Waals surface area (Å²) in [7, 11) is 1.81. The van der Waals surface area contributed by atoms with E-state index in [9.17, 15) is 4.79 Å². The van der Waals surface area contributed by atoms with Crippen molar-refractivity contribution >= 4 is 45.4 Å². The normalized spacial score (nSPS) is 15.6. The van der Waals surface area contributed by atoms with E-state index >= 15 is 4.39 Å². The van der Waals surface area contributed by atoms with Gasteiger partial charge in [0, 0.05) is 50.3 Å². The van der Waals surface area contributed by atoms with Crippen LogP contribution in [0.1, 0.15) is 5.56 Å². The third kappa shape index (κ3) is 4.17. The maximum atomic E-state index is 15.5. The number of anilines is 3. The van der Waals surface area contributed by atoms with Crippen molar-refractivity contribution in [3.05, 3.63) is 66.9 Å². The van der Waals surface area contributed by atoms with E-state index in [0.29, 0.717) is 58.5 Å². The average molecular weight is 553 g/mol. The number of ether oxygens (including phenoxy) is 1. The molecule has 5 heterocycles. The quantitative estimate of drug-likeness (QED) is 0.313. The van der Waals surface area contributed by atoms with Gasteiger partial charge >= 0.3 is 0 Å². The van der Waals surface area contributed by atoms with Crippen LogP contribution in [0.2, 0.25) is 0 Å². The van der Waals surface area contributed by atoms with Gasteiger partial charge < -0.3 is 19.9 Å². The number of amides is 1. The van der Waals surface area contributed by atoms with E-state index in [1.54, 1.807) is 47.0 Å². The van der Waals surface area contributed by atoms with Crippen molar-refractivity contribution in [2.45, 2.75) is 6.92 Å². The van der Waals surface area contributed by atoms with Gasteiger partial charge in [-0.2, -0.15) is 0 Å². The fourth-order valence-electron chi connectivity index (χ4n) is 5.45. The van der Waals surface area contributed by atoms with Gasteiger partial charge in [0.05, 0.1) is 17.4 Å². The van der Waals surface area contributed by atoms with Crippen LogP contribution in [0.4, 0.5) is 21.8 Å². The van der Waals surface area contributed by atoms with Crippen LogP contribution in [-0.2, 0) is 11.8 Å². The van der Waals surface area contributed by atoms with E-state index in [1.165, 1.54) is 12.4 Å². The molecule has 2 fully saturated rings. The molecule has 0 atom stereocenters. The molecule has 12 nitrogen and oxygen atoms in total. The zero-order valence-corrected chi connectivity index (χ0v) is 22.4. The highest BCUT2D eigenvalue weighted by Crippen LogP contribution is 2.41. The van der Waals surface area contributed by atoms with Gasteiger partial charge in [0.15, 0.2) is 11.6 Å². The lowest BCUT2D eigenvalue weighted by Gasteiger charge is -2.59. The number of aryl methyl sites for hydroxylation is 1. The third-order valence-electron chi connectivity index (χ3n) is 7.64. The molecule has 2 saturated heterocycles. The van der Waals surface area contributed by atoms with Crippen LogP contribution in [-0.4, -0.2) is 71.9 Å². The Morgan fingerprint density at radius 1 is 1.12 bits per heavy atom. The van der Waals surface area contributed by atoms with E-state index in [0.717, 1.165) is 18.6 Å². The Balaban J connectivity index is 1.10. The van der Waals surface area contributed by atoms with Crippen LogP contribution < -0.4 is 15.0 Å². The van der Waals surface area contributed by atoms with Crippen LogP contribution >= 0.6 is 0 Å². The summed E-state index contributed by atoms with van der Waals surface area (Å²) in [5.74, 6) is 1.29. The summed E-state index contributed by atoms with van der Waals surface area (Å²) in [6.07, 6.45) is 4.36. The lowest BCUT2D eigenvalue weighted by atomic mass is 9.73. The van der Waals surface area contributed by atoms with Crippen molar-refractivity contribution < 1.29 is 13.9 Å². The van der Waals surface area contributed by atoms with Crippen LogP contribution in [0.5, 0.6) is 11.5 Å². The Bertz CT molecular complexity index is 1860. The number of hydrogen-bond donors (Lipinski definition) is 1. The summed E-state index contributed by atoms with van der Waals surface area (Å²) in [6.45, 7) is 8.09. The Kier molecular flexibility index (Phi) is 5.56. The first-order chi connectivity index (χ1) is 19.8. The summed E-state index contributed by atoms with van der Waals surface area (Å²) in [6, 6.07) is 8.71. The molecule has 3 aromatic heterocycles. The fourth-order valence-corrected chi connectivity index (χ4v) is 5.45. The fraction of sp³-hybridized carbons (Fsp3) is 0.250. The van der Waals surface area contributed by atoms with Crippen molar-refractivity contribution in [2.75, 3.05) is 36.4 Å². The zero-order valence-electron chi connectivity index (χ0n) is 22.4. The highest BCUT2D eigenvalue weighted by Gasteiger charge is 2.53. The van der Waals surface area contributed by atoms with E-state index in [4.69, 9.17) is 9.72 Å². The minimum Gasteiger partial charge on any atom is -0.457 e. The number of likely N-dealkylation sites (tertiary alicyclic amines) is 1. The number of fused-ring (bicyclic) bond motifs is 2. The maximum Gasteiger partial charge on any atom is 0.245 e. The Hall–Kier alpha value is -5.20. The van der Waals surface area contributed by atoms with Gasteiger partial charge in [-0.15, -0.1) is 5.10 Å². The number of nitrogens with zero attached hydrogens (tertiary/aromatic N) is 9. The highest BCUT2D eigenvalue weighted by molar-refractivity contribution is 5.88. The van der Waals surface area contributed by atoms with E-state index in [-0.39, 0.29) is 17.0 Å². The van der Waals surface area contributed by atoms with Gasteiger partial charge in [-0.3, -0.25) is 4.79 Å². The number of hydrogen-bond acceptors (Lipinski definition) is 10. The molecule has 13 heteroatoms. The maximum absolute atomic E-state index is 15.5. The molecular formula is C28H25FN10O2. The van der Waals surface area contributed by atoms with Crippen LogP contribution in [0, 0.1) is 18.2 Å². The minimum atomic E-state index is -0.475. The lowest BCUT2D eigenvalue weighted by Crippen LogP contribution is -2.73. The molecule has 1 N–H and O–H groups in total. The number of rotatable bonds is 6. The first-order valence-corrected chi connectivity index (χ1v) is 13.0. The third-order valence-corrected chi connectivity index (χ3v) is 7.64. The second-order valence-corrected chi connectivity index (χ2v) is 10.5. The number of nitrogens with one attached hydrogen (secondary N) is 1. The molecular weight excluding hydrogens is 527 g/mol. The summed E-state index contributed by atoms with van der Waals surface area (Å²) in [4.78, 5) is 33.4. The molecule has 41 heavy (non-hydrogen) atoms. The average Bonchev–Trinajstić information content (AvgIpc) is 3.31. The van der Waals surface area contributed by atoms with Gasteiger partial charge in [0.1, 0.15) is 34.4 Å². The Morgan fingerprint density at radius 3 is 2.76 bits per heavy atom. The van der Waals surface area contributed by atoms with Crippen LogP contribution in [0.3, 0.4) is 0 Å². The highest BCUT2D eigenvalue weighted by atomic mass is 19.1. The van der Waals surface area contributed by atoms with Crippen LogP contribution in [0.15, 0.2) is 55.5 Å². The van der Waals surface area contributed by atoms with E-state index in [1.807, 2.05) is 13.1 Å². The lowest BCUT2D eigenvalue weighted by molar-refractivity contribution is -0.139. The van der Waals surface area contributed by atoms with Gasteiger partial charge in [0.2, 0.25) is 11.9 Å². The summed E-state index contributed by atoms with van der Waals surface area (Å²) < 4.78 is 23.2.